The topological polar surface area (TPSA) is 41.1 Å². The van der Waals surface area contributed by atoms with Gasteiger partial charge in [0, 0.05) is 18.5 Å². The molecule has 88 valence electrons. The van der Waals surface area contributed by atoms with Crippen molar-refractivity contribution in [3.63, 3.8) is 0 Å². The molecule has 2 N–H and O–H groups in total. The average molecular weight is 241 g/mol. The Kier molecular flexibility index (Phi) is 5.72. The first-order chi connectivity index (χ1) is 7.72. The molecule has 0 aliphatic rings. The molecule has 0 aliphatic heterocycles. The van der Waals surface area contributed by atoms with Crippen molar-refractivity contribution in [2.45, 2.75) is 19.4 Å². The number of benzene rings is 1. The minimum Gasteiger partial charge on any atom is -0.337 e. The molecule has 0 fully saturated rings. The number of nitrogens with one attached hydrogen (secondary N) is 2. The molecule has 0 aliphatic carbocycles. The standard InChI is InChI=1S/C12H17ClN2O/c1-10(15-12(16)14-8-7-13)9-11-5-3-2-4-6-11/h2-6,10H,7-9H2,1H3,(H2,14,15,16). The van der Waals surface area contributed by atoms with Crippen LogP contribution in [-0.4, -0.2) is 24.5 Å². The second-order valence-corrected chi connectivity index (χ2v) is 4.06. The number of amides is 2. The van der Waals surface area contributed by atoms with Crippen LogP contribution in [-0.2, 0) is 6.42 Å². The maximum Gasteiger partial charge on any atom is 0.315 e. The summed E-state index contributed by atoms with van der Waals surface area (Å²) in [5, 5.41) is 5.52. The maximum atomic E-state index is 11.3. The molecule has 4 heteroatoms. The van der Waals surface area contributed by atoms with E-state index in [2.05, 4.69) is 22.8 Å². The minimum atomic E-state index is -0.163. The molecular formula is C12H17ClN2O. The lowest BCUT2D eigenvalue weighted by atomic mass is 10.1. The van der Waals surface area contributed by atoms with Crippen molar-refractivity contribution >= 4 is 17.6 Å². The molecule has 0 radical (unpaired) electrons. The number of alkyl halides is 1. The van der Waals surface area contributed by atoms with Crippen molar-refractivity contribution in [1.82, 2.24) is 10.6 Å². The highest BCUT2D eigenvalue weighted by molar-refractivity contribution is 6.18. The van der Waals surface area contributed by atoms with Crippen molar-refractivity contribution in [2.75, 3.05) is 12.4 Å². The molecule has 16 heavy (non-hydrogen) atoms. The van der Waals surface area contributed by atoms with Gasteiger partial charge in [-0.25, -0.2) is 4.79 Å². The summed E-state index contributed by atoms with van der Waals surface area (Å²) in [6.07, 6.45) is 0.829. The van der Waals surface area contributed by atoms with Crippen LogP contribution in [0.15, 0.2) is 30.3 Å². The maximum absolute atomic E-state index is 11.3. The summed E-state index contributed by atoms with van der Waals surface area (Å²) in [6, 6.07) is 10.0. The summed E-state index contributed by atoms with van der Waals surface area (Å²) < 4.78 is 0. The summed E-state index contributed by atoms with van der Waals surface area (Å²) in [6.45, 7) is 2.47. The highest BCUT2D eigenvalue weighted by Gasteiger charge is 2.06. The highest BCUT2D eigenvalue weighted by Crippen LogP contribution is 2.02. The van der Waals surface area contributed by atoms with Gasteiger partial charge in [-0.1, -0.05) is 30.3 Å². The molecule has 1 aromatic carbocycles. The summed E-state index contributed by atoms with van der Waals surface area (Å²) in [5.74, 6) is 0.431. The van der Waals surface area contributed by atoms with Crippen LogP contribution in [0.4, 0.5) is 4.79 Å². The Balaban J connectivity index is 2.30. The Morgan fingerprint density at radius 2 is 2.06 bits per heavy atom. The zero-order chi connectivity index (χ0) is 11.8. The SMILES string of the molecule is CC(Cc1ccccc1)NC(=O)NCCCl. The molecule has 1 aromatic rings. The third-order valence-corrected chi connectivity index (χ3v) is 2.33. The fourth-order valence-corrected chi connectivity index (χ4v) is 1.55. The van der Waals surface area contributed by atoms with Crippen LogP contribution in [0.1, 0.15) is 12.5 Å². The largest absolute Gasteiger partial charge is 0.337 e. The van der Waals surface area contributed by atoms with Crippen LogP contribution >= 0.6 is 11.6 Å². The Morgan fingerprint density at radius 3 is 2.69 bits per heavy atom. The molecule has 1 rings (SSSR count). The number of rotatable bonds is 5. The normalized spacial score (nSPS) is 11.9. The smallest absolute Gasteiger partial charge is 0.315 e. The summed E-state index contributed by atoms with van der Waals surface area (Å²) >= 11 is 5.47. The molecule has 0 spiro atoms. The first-order valence-corrected chi connectivity index (χ1v) is 5.90. The van der Waals surface area contributed by atoms with Gasteiger partial charge in [-0.2, -0.15) is 0 Å². The molecule has 0 heterocycles. The summed E-state index contributed by atoms with van der Waals surface area (Å²) in [5.41, 5.74) is 1.22. The Hall–Kier alpha value is -1.22. The van der Waals surface area contributed by atoms with E-state index in [0.29, 0.717) is 12.4 Å². The number of carbonyl (C=O) groups is 1. The number of carbonyl (C=O) groups excluding carboxylic acids is 1. The Labute approximate surface area is 101 Å². The van der Waals surface area contributed by atoms with E-state index < -0.39 is 0 Å². The van der Waals surface area contributed by atoms with Crippen molar-refractivity contribution in [2.24, 2.45) is 0 Å². The van der Waals surface area contributed by atoms with Crippen LogP contribution in [0.5, 0.6) is 0 Å². The fourth-order valence-electron chi connectivity index (χ4n) is 1.45. The minimum absolute atomic E-state index is 0.109. The van der Waals surface area contributed by atoms with E-state index in [9.17, 15) is 4.79 Å². The van der Waals surface area contributed by atoms with E-state index >= 15 is 0 Å². The van der Waals surface area contributed by atoms with Gasteiger partial charge in [-0.3, -0.25) is 0 Å². The molecule has 0 aromatic heterocycles. The summed E-state index contributed by atoms with van der Waals surface area (Å²) in [4.78, 5) is 11.3. The molecule has 0 bridgehead atoms. The van der Waals surface area contributed by atoms with Crippen molar-refractivity contribution in [1.29, 1.82) is 0 Å². The number of hydrogen-bond donors (Lipinski definition) is 2. The van der Waals surface area contributed by atoms with Gasteiger partial charge < -0.3 is 10.6 Å². The lowest BCUT2D eigenvalue weighted by Crippen LogP contribution is -2.42. The van der Waals surface area contributed by atoms with Crippen LogP contribution in [0.2, 0.25) is 0 Å². The molecule has 1 atom stereocenters. The van der Waals surface area contributed by atoms with Crippen molar-refractivity contribution in [3.8, 4) is 0 Å². The molecule has 2 amide bonds. The third kappa shape index (κ3) is 5.03. The van der Waals surface area contributed by atoms with E-state index in [1.807, 2.05) is 25.1 Å². The Bertz CT molecular complexity index is 316. The van der Waals surface area contributed by atoms with Crippen LogP contribution in [0.3, 0.4) is 0 Å². The lowest BCUT2D eigenvalue weighted by molar-refractivity contribution is 0.238. The molecular weight excluding hydrogens is 224 g/mol. The number of urea groups is 1. The molecule has 1 unspecified atom stereocenters. The van der Waals surface area contributed by atoms with E-state index in [-0.39, 0.29) is 12.1 Å². The van der Waals surface area contributed by atoms with Crippen LogP contribution < -0.4 is 10.6 Å². The highest BCUT2D eigenvalue weighted by atomic mass is 35.5. The number of hydrogen-bond acceptors (Lipinski definition) is 1. The predicted molar refractivity (Wildman–Crippen MR) is 66.9 cm³/mol. The fraction of sp³-hybridized carbons (Fsp3) is 0.417. The Morgan fingerprint density at radius 1 is 1.38 bits per heavy atom. The molecule has 0 saturated carbocycles. The van der Waals surface area contributed by atoms with E-state index in [4.69, 9.17) is 11.6 Å². The zero-order valence-corrected chi connectivity index (χ0v) is 10.1. The monoisotopic (exact) mass is 240 g/mol. The van der Waals surface area contributed by atoms with Crippen LogP contribution in [0.25, 0.3) is 0 Å². The predicted octanol–water partition coefficient (Wildman–Crippen LogP) is 2.16. The first-order valence-electron chi connectivity index (χ1n) is 5.36. The second kappa shape index (κ2) is 7.12. The van der Waals surface area contributed by atoms with E-state index in [1.165, 1.54) is 5.56 Å². The van der Waals surface area contributed by atoms with Gasteiger partial charge in [0.2, 0.25) is 0 Å². The zero-order valence-electron chi connectivity index (χ0n) is 9.37. The third-order valence-electron chi connectivity index (χ3n) is 2.14. The van der Waals surface area contributed by atoms with E-state index in [1.54, 1.807) is 0 Å². The van der Waals surface area contributed by atoms with Gasteiger partial charge in [-0.15, -0.1) is 11.6 Å². The van der Waals surface area contributed by atoms with Gasteiger partial charge in [0.15, 0.2) is 0 Å². The lowest BCUT2D eigenvalue weighted by Gasteiger charge is -2.14. The van der Waals surface area contributed by atoms with Crippen LogP contribution in [0, 0.1) is 0 Å². The van der Waals surface area contributed by atoms with Gasteiger partial charge in [0.05, 0.1) is 0 Å². The van der Waals surface area contributed by atoms with Gasteiger partial charge in [0.25, 0.3) is 0 Å². The van der Waals surface area contributed by atoms with Crippen molar-refractivity contribution in [3.05, 3.63) is 35.9 Å². The average Bonchev–Trinajstić information content (AvgIpc) is 2.27. The molecule has 3 nitrogen and oxygen atoms in total. The van der Waals surface area contributed by atoms with Gasteiger partial charge in [0.1, 0.15) is 0 Å². The number of halogens is 1. The first kappa shape index (κ1) is 12.8. The molecule has 0 saturated heterocycles. The second-order valence-electron chi connectivity index (χ2n) is 3.68. The quantitative estimate of drug-likeness (QED) is 0.761. The van der Waals surface area contributed by atoms with Gasteiger partial charge >= 0.3 is 6.03 Å². The van der Waals surface area contributed by atoms with Crippen molar-refractivity contribution < 1.29 is 4.79 Å². The summed E-state index contributed by atoms with van der Waals surface area (Å²) in [7, 11) is 0. The van der Waals surface area contributed by atoms with E-state index in [0.717, 1.165) is 6.42 Å². The van der Waals surface area contributed by atoms with Gasteiger partial charge in [-0.05, 0) is 18.9 Å².